The van der Waals surface area contributed by atoms with Gasteiger partial charge in [-0.25, -0.2) is 9.59 Å². The summed E-state index contributed by atoms with van der Waals surface area (Å²) in [6.07, 6.45) is 3.22. The van der Waals surface area contributed by atoms with Crippen molar-refractivity contribution in [3.8, 4) is 5.75 Å². The lowest BCUT2D eigenvalue weighted by Gasteiger charge is -2.32. The molecule has 1 saturated heterocycles. The highest BCUT2D eigenvalue weighted by atomic mass is 35.5. The molecule has 7 heteroatoms. The monoisotopic (exact) mass is 354 g/mol. The number of ether oxygens (including phenoxy) is 2. The van der Waals surface area contributed by atoms with E-state index in [4.69, 9.17) is 21.1 Å². The van der Waals surface area contributed by atoms with Crippen molar-refractivity contribution in [2.75, 3.05) is 32.6 Å². The maximum absolute atomic E-state index is 12.5. The maximum atomic E-state index is 12.5. The van der Waals surface area contributed by atoms with Gasteiger partial charge < -0.3 is 19.7 Å². The standard InChI is InChI=1S/C17H23ClN2O4/c1-4-11-6-5-7-20(10-11)17(22)19-14-9-15(23-2)12(8-13(14)18)16(21)24-3/h8-9,11H,4-7,10H2,1-3H3,(H,19,22)/t11-/m1/s1. The van der Waals surface area contributed by atoms with E-state index >= 15 is 0 Å². The Hall–Kier alpha value is -1.95. The van der Waals surface area contributed by atoms with E-state index in [-0.39, 0.29) is 16.6 Å². The average molecular weight is 355 g/mol. The molecule has 1 atom stereocenters. The molecule has 1 aromatic carbocycles. The van der Waals surface area contributed by atoms with Gasteiger partial charge in [-0.3, -0.25) is 0 Å². The van der Waals surface area contributed by atoms with Gasteiger partial charge in [0.15, 0.2) is 0 Å². The van der Waals surface area contributed by atoms with E-state index in [0.29, 0.717) is 17.4 Å². The van der Waals surface area contributed by atoms with Crippen LogP contribution in [0.1, 0.15) is 36.5 Å². The van der Waals surface area contributed by atoms with Crippen LogP contribution in [0.25, 0.3) is 0 Å². The highest BCUT2D eigenvalue weighted by Gasteiger charge is 2.24. The summed E-state index contributed by atoms with van der Waals surface area (Å²) in [5.41, 5.74) is 0.622. The van der Waals surface area contributed by atoms with Crippen LogP contribution in [0.15, 0.2) is 12.1 Å². The van der Waals surface area contributed by atoms with Crippen molar-refractivity contribution < 1.29 is 19.1 Å². The average Bonchev–Trinajstić information content (AvgIpc) is 2.62. The number of halogens is 1. The van der Waals surface area contributed by atoms with E-state index in [1.807, 2.05) is 0 Å². The Morgan fingerprint density at radius 2 is 2.12 bits per heavy atom. The third-order valence-electron chi connectivity index (χ3n) is 4.32. The van der Waals surface area contributed by atoms with Crippen LogP contribution in [-0.2, 0) is 4.74 Å². The van der Waals surface area contributed by atoms with Crippen LogP contribution in [0.3, 0.4) is 0 Å². The molecule has 2 rings (SSSR count). The third kappa shape index (κ3) is 4.12. The summed E-state index contributed by atoms with van der Waals surface area (Å²) in [5, 5.41) is 3.06. The molecule has 1 aromatic rings. The Labute approximate surface area is 147 Å². The molecule has 1 N–H and O–H groups in total. The molecule has 1 heterocycles. The van der Waals surface area contributed by atoms with E-state index in [1.165, 1.54) is 26.4 Å². The minimum Gasteiger partial charge on any atom is -0.496 e. The minimum atomic E-state index is -0.548. The molecule has 0 spiro atoms. The number of nitrogens with one attached hydrogen (secondary N) is 1. The molecule has 24 heavy (non-hydrogen) atoms. The molecule has 0 aromatic heterocycles. The number of hydrogen-bond acceptors (Lipinski definition) is 4. The number of anilines is 1. The number of carbonyl (C=O) groups excluding carboxylic acids is 2. The fourth-order valence-corrected chi connectivity index (χ4v) is 3.08. The summed E-state index contributed by atoms with van der Waals surface area (Å²) < 4.78 is 9.90. The zero-order valence-corrected chi connectivity index (χ0v) is 15.0. The summed E-state index contributed by atoms with van der Waals surface area (Å²) in [6, 6.07) is 2.78. The minimum absolute atomic E-state index is 0.192. The summed E-state index contributed by atoms with van der Waals surface area (Å²) in [5.74, 6) is 0.288. The van der Waals surface area contributed by atoms with Gasteiger partial charge in [-0.1, -0.05) is 24.9 Å². The van der Waals surface area contributed by atoms with Gasteiger partial charge in [0, 0.05) is 19.2 Å². The lowest BCUT2D eigenvalue weighted by molar-refractivity contribution is 0.0597. The van der Waals surface area contributed by atoms with Crippen molar-refractivity contribution in [2.24, 2.45) is 5.92 Å². The predicted octanol–water partition coefficient (Wildman–Crippen LogP) is 3.79. The number of piperidine rings is 1. The van der Waals surface area contributed by atoms with Gasteiger partial charge in [-0.05, 0) is 24.8 Å². The van der Waals surface area contributed by atoms with Gasteiger partial charge in [0.05, 0.1) is 24.9 Å². The number of methoxy groups -OCH3 is 2. The van der Waals surface area contributed by atoms with Crippen LogP contribution >= 0.6 is 11.6 Å². The molecule has 0 unspecified atom stereocenters. The van der Waals surface area contributed by atoms with Crippen LogP contribution in [0.2, 0.25) is 5.02 Å². The number of carbonyl (C=O) groups is 2. The molecule has 6 nitrogen and oxygen atoms in total. The number of nitrogens with zero attached hydrogens (tertiary/aromatic N) is 1. The fraction of sp³-hybridized carbons (Fsp3) is 0.529. The molecule has 0 saturated carbocycles. The molecule has 132 valence electrons. The second-order valence-corrected chi connectivity index (χ2v) is 6.22. The van der Waals surface area contributed by atoms with Gasteiger partial charge >= 0.3 is 12.0 Å². The van der Waals surface area contributed by atoms with E-state index in [2.05, 4.69) is 12.2 Å². The van der Waals surface area contributed by atoms with E-state index in [0.717, 1.165) is 32.4 Å². The van der Waals surface area contributed by atoms with Crippen molar-refractivity contribution in [1.29, 1.82) is 0 Å². The third-order valence-corrected chi connectivity index (χ3v) is 4.63. The first-order chi connectivity index (χ1) is 11.5. The SMILES string of the molecule is CC[C@@H]1CCCN(C(=O)Nc2cc(OC)c(C(=O)OC)cc2Cl)C1. The molecular weight excluding hydrogens is 332 g/mol. The number of benzene rings is 1. The highest BCUT2D eigenvalue weighted by molar-refractivity contribution is 6.34. The summed E-state index contributed by atoms with van der Waals surface area (Å²) in [4.78, 5) is 26.0. The number of likely N-dealkylation sites (tertiary alicyclic amines) is 1. The summed E-state index contributed by atoms with van der Waals surface area (Å²) in [6.45, 7) is 3.62. The molecule has 0 bridgehead atoms. The Morgan fingerprint density at radius 1 is 1.38 bits per heavy atom. The van der Waals surface area contributed by atoms with Crippen LogP contribution < -0.4 is 10.1 Å². The van der Waals surface area contributed by atoms with Gasteiger partial charge in [0.25, 0.3) is 0 Å². The maximum Gasteiger partial charge on any atom is 0.341 e. The van der Waals surface area contributed by atoms with Gasteiger partial charge in [-0.15, -0.1) is 0 Å². The lowest BCUT2D eigenvalue weighted by Crippen LogP contribution is -2.42. The molecule has 0 radical (unpaired) electrons. The fourth-order valence-electron chi connectivity index (χ4n) is 2.86. The zero-order valence-electron chi connectivity index (χ0n) is 14.2. The van der Waals surface area contributed by atoms with Gasteiger partial charge in [-0.2, -0.15) is 0 Å². The highest BCUT2D eigenvalue weighted by Crippen LogP contribution is 2.32. The molecule has 2 amide bonds. The summed E-state index contributed by atoms with van der Waals surface area (Å²) in [7, 11) is 2.73. The van der Waals surface area contributed by atoms with E-state index in [1.54, 1.807) is 4.90 Å². The first kappa shape index (κ1) is 18.4. The number of esters is 1. The van der Waals surface area contributed by atoms with Crippen LogP contribution in [-0.4, -0.2) is 44.2 Å². The lowest BCUT2D eigenvalue weighted by atomic mass is 9.96. The van der Waals surface area contributed by atoms with Crippen LogP contribution in [0.5, 0.6) is 5.75 Å². The molecule has 1 aliphatic rings. The Balaban J connectivity index is 2.17. The van der Waals surface area contributed by atoms with Crippen molar-refractivity contribution in [1.82, 2.24) is 4.90 Å². The number of hydrogen-bond donors (Lipinski definition) is 1. The van der Waals surface area contributed by atoms with Gasteiger partial charge in [0.2, 0.25) is 0 Å². The number of urea groups is 1. The van der Waals surface area contributed by atoms with Crippen molar-refractivity contribution in [3.63, 3.8) is 0 Å². The van der Waals surface area contributed by atoms with Crippen LogP contribution in [0, 0.1) is 5.92 Å². The van der Waals surface area contributed by atoms with Crippen molar-refractivity contribution in [3.05, 3.63) is 22.7 Å². The first-order valence-corrected chi connectivity index (χ1v) is 8.39. The summed E-state index contributed by atoms with van der Waals surface area (Å²) >= 11 is 6.20. The first-order valence-electron chi connectivity index (χ1n) is 8.01. The second kappa shape index (κ2) is 8.24. The topological polar surface area (TPSA) is 67.9 Å². The number of amides is 2. The van der Waals surface area contributed by atoms with Crippen molar-refractivity contribution in [2.45, 2.75) is 26.2 Å². The van der Waals surface area contributed by atoms with Crippen LogP contribution in [0.4, 0.5) is 10.5 Å². The Bertz CT molecular complexity index is 621. The Kier molecular flexibility index (Phi) is 6.31. The van der Waals surface area contributed by atoms with E-state index in [9.17, 15) is 9.59 Å². The molecule has 1 fully saturated rings. The number of rotatable bonds is 4. The zero-order chi connectivity index (χ0) is 17.7. The van der Waals surface area contributed by atoms with Gasteiger partial charge in [0.1, 0.15) is 11.3 Å². The molecular formula is C17H23ClN2O4. The second-order valence-electron chi connectivity index (χ2n) is 5.82. The van der Waals surface area contributed by atoms with E-state index < -0.39 is 5.97 Å². The normalized spacial score (nSPS) is 17.3. The quantitative estimate of drug-likeness (QED) is 0.835. The molecule has 0 aliphatic carbocycles. The largest absolute Gasteiger partial charge is 0.496 e. The van der Waals surface area contributed by atoms with Crippen molar-refractivity contribution >= 4 is 29.3 Å². The smallest absolute Gasteiger partial charge is 0.341 e. The molecule has 1 aliphatic heterocycles. The Morgan fingerprint density at radius 3 is 2.75 bits per heavy atom. The predicted molar refractivity (Wildman–Crippen MR) is 93.0 cm³/mol.